The number of alkyl halides is 1. The van der Waals surface area contributed by atoms with Crippen LogP contribution >= 0.6 is 0 Å². The van der Waals surface area contributed by atoms with Gasteiger partial charge in [0.1, 0.15) is 5.75 Å². The molecule has 0 radical (unpaired) electrons. The highest BCUT2D eigenvalue weighted by atomic mass is 19.1. The van der Waals surface area contributed by atoms with Crippen molar-refractivity contribution in [1.29, 1.82) is 0 Å². The van der Waals surface area contributed by atoms with Crippen LogP contribution < -0.4 is 4.74 Å². The summed E-state index contributed by atoms with van der Waals surface area (Å²) in [7, 11) is 1.64. The van der Waals surface area contributed by atoms with Crippen molar-refractivity contribution in [3.05, 3.63) is 29.8 Å². The third-order valence-corrected chi connectivity index (χ3v) is 5.55. The molecule has 120 valence electrons. The van der Waals surface area contributed by atoms with Crippen molar-refractivity contribution < 1.29 is 13.9 Å². The van der Waals surface area contributed by atoms with Crippen LogP contribution in [0.25, 0.3) is 0 Å². The Kier molecular flexibility index (Phi) is 3.76. The number of ketones is 1. The van der Waals surface area contributed by atoms with E-state index in [0.717, 1.165) is 30.6 Å². The van der Waals surface area contributed by atoms with Crippen LogP contribution in [-0.2, 0) is 11.3 Å². The maximum Gasteiger partial charge on any atom is 0.176 e. The third kappa shape index (κ3) is 2.34. The standard InChI is InChI=1S/C18H24FNO2/c1-17-9-4-10-18(2,16(19)15(21)11-17)20(17)12-13-5-7-14(22-3)8-6-13/h5-8,16H,4,9-12H2,1-3H3/t16-,17-,18+/m0/s1. The molecule has 3 nitrogen and oxygen atoms in total. The van der Waals surface area contributed by atoms with E-state index in [1.54, 1.807) is 7.11 Å². The number of Topliss-reactive ketones (excluding diaryl/α,β-unsaturated/α-hetero) is 1. The van der Waals surface area contributed by atoms with Gasteiger partial charge in [-0.3, -0.25) is 9.69 Å². The predicted molar refractivity (Wildman–Crippen MR) is 83.7 cm³/mol. The molecule has 2 bridgehead atoms. The van der Waals surface area contributed by atoms with Gasteiger partial charge >= 0.3 is 0 Å². The Hall–Kier alpha value is -1.42. The number of benzene rings is 1. The molecule has 22 heavy (non-hydrogen) atoms. The zero-order valence-electron chi connectivity index (χ0n) is 13.6. The number of fused-ring (bicyclic) bond motifs is 2. The van der Waals surface area contributed by atoms with Crippen LogP contribution in [0.1, 0.15) is 45.1 Å². The summed E-state index contributed by atoms with van der Waals surface area (Å²) in [5.74, 6) is 0.592. The van der Waals surface area contributed by atoms with Gasteiger partial charge in [0.25, 0.3) is 0 Å². The summed E-state index contributed by atoms with van der Waals surface area (Å²) >= 11 is 0. The second kappa shape index (κ2) is 5.34. The molecule has 2 fully saturated rings. The summed E-state index contributed by atoms with van der Waals surface area (Å²) in [6, 6.07) is 7.89. The number of rotatable bonds is 3. The lowest BCUT2D eigenvalue weighted by atomic mass is 9.67. The topological polar surface area (TPSA) is 29.5 Å². The molecule has 0 unspecified atom stereocenters. The molecular formula is C18H24FNO2. The van der Waals surface area contributed by atoms with Crippen LogP contribution in [0.3, 0.4) is 0 Å². The number of hydrogen-bond donors (Lipinski definition) is 0. The van der Waals surface area contributed by atoms with Gasteiger partial charge < -0.3 is 4.74 Å². The SMILES string of the molecule is COc1ccc(CN2[C@@]3(C)CCC[C@]2(C)[C@@H](F)C(=O)C3)cc1. The lowest BCUT2D eigenvalue weighted by Crippen LogP contribution is -2.70. The average Bonchev–Trinajstić information content (AvgIpc) is 2.50. The van der Waals surface area contributed by atoms with Gasteiger partial charge in [-0.15, -0.1) is 0 Å². The van der Waals surface area contributed by atoms with Crippen molar-refractivity contribution in [3.8, 4) is 5.75 Å². The fourth-order valence-electron chi connectivity index (χ4n) is 4.26. The molecular weight excluding hydrogens is 281 g/mol. The fraction of sp³-hybridized carbons (Fsp3) is 0.611. The summed E-state index contributed by atoms with van der Waals surface area (Å²) < 4.78 is 19.8. The van der Waals surface area contributed by atoms with E-state index in [2.05, 4.69) is 11.8 Å². The van der Waals surface area contributed by atoms with Crippen molar-refractivity contribution in [2.45, 2.75) is 63.3 Å². The van der Waals surface area contributed by atoms with Crippen LogP contribution in [0.15, 0.2) is 24.3 Å². The Morgan fingerprint density at radius 1 is 1.27 bits per heavy atom. The Morgan fingerprint density at radius 2 is 1.95 bits per heavy atom. The van der Waals surface area contributed by atoms with E-state index in [9.17, 15) is 9.18 Å². The van der Waals surface area contributed by atoms with Crippen LogP contribution in [-0.4, -0.2) is 35.0 Å². The number of carbonyl (C=O) groups excluding carboxylic acids is 1. The Labute approximate surface area is 131 Å². The van der Waals surface area contributed by atoms with E-state index in [1.165, 1.54) is 0 Å². The highest BCUT2D eigenvalue weighted by Crippen LogP contribution is 2.48. The average molecular weight is 305 g/mol. The van der Waals surface area contributed by atoms with Crippen molar-refractivity contribution in [1.82, 2.24) is 4.90 Å². The number of piperidine rings is 2. The van der Waals surface area contributed by atoms with E-state index < -0.39 is 11.7 Å². The van der Waals surface area contributed by atoms with Crippen molar-refractivity contribution in [2.75, 3.05) is 7.11 Å². The molecule has 0 amide bonds. The highest BCUT2D eigenvalue weighted by molar-refractivity contribution is 5.86. The molecule has 1 aromatic rings. The smallest absolute Gasteiger partial charge is 0.176 e. The van der Waals surface area contributed by atoms with E-state index in [1.807, 2.05) is 31.2 Å². The minimum absolute atomic E-state index is 0.226. The second-order valence-corrected chi connectivity index (χ2v) is 7.15. The number of carbonyl (C=O) groups is 1. The van der Waals surface area contributed by atoms with Crippen LogP contribution in [0.2, 0.25) is 0 Å². The first-order valence-electron chi connectivity index (χ1n) is 7.96. The van der Waals surface area contributed by atoms with Gasteiger partial charge in [-0.25, -0.2) is 4.39 Å². The van der Waals surface area contributed by atoms with Gasteiger partial charge in [0, 0.05) is 18.5 Å². The number of halogens is 1. The van der Waals surface area contributed by atoms with Crippen LogP contribution in [0.5, 0.6) is 5.75 Å². The molecule has 0 N–H and O–H groups in total. The molecule has 3 atom stereocenters. The summed E-state index contributed by atoms with van der Waals surface area (Å²) in [6.45, 7) is 4.69. The zero-order chi connectivity index (χ0) is 16.0. The van der Waals surface area contributed by atoms with E-state index >= 15 is 0 Å². The lowest BCUT2D eigenvalue weighted by molar-refractivity contribution is -0.161. The first-order chi connectivity index (χ1) is 10.4. The minimum Gasteiger partial charge on any atom is -0.497 e. The van der Waals surface area contributed by atoms with Crippen molar-refractivity contribution >= 4 is 5.78 Å². The molecule has 4 heteroatoms. The number of methoxy groups -OCH3 is 1. The lowest BCUT2D eigenvalue weighted by Gasteiger charge is -2.59. The molecule has 2 aliphatic heterocycles. The van der Waals surface area contributed by atoms with Gasteiger partial charge in [0.05, 0.1) is 12.6 Å². The molecule has 1 aromatic carbocycles. The van der Waals surface area contributed by atoms with E-state index in [4.69, 9.17) is 4.74 Å². The fourth-order valence-corrected chi connectivity index (χ4v) is 4.26. The van der Waals surface area contributed by atoms with Crippen molar-refractivity contribution in [2.24, 2.45) is 0 Å². The Bertz CT molecular complexity index is 573. The van der Waals surface area contributed by atoms with Crippen LogP contribution in [0.4, 0.5) is 4.39 Å². The molecule has 2 saturated heterocycles. The monoisotopic (exact) mass is 305 g/mol. The molecule has 2 aliphatic rings. The van der Waals surface area contributed by atoms with E-state index in [-0.39, 0.29) is 11.3 Å². The van der Waals surface area contributed by atoms with Crippen LogP contribution in [0, 0.1) is 0 Å². The number of hydrogen-bond acceptors (Lipinski definition) is 3. The van der Waals surface area contributed by atoms with Crippen molar-refractivity contribution in [3.63, 3.8) is 0 Å². The normalized spacial score (nSPS) is 35.5. The second-order valence-electron chi connectivity index (χ2n) is 7.15. The minimum atomic E-state index is -1.38. The maximum absolute atomic E-state index is 14.7. The Balaban J connectivity index is 1.91. The largest absolute Gasteiger partial charge is 0.497 e. The van der Waals surface area contributed by atoms with Gasteiger partial charge in [0.15, 0.2) is 12.0 Å². The van der Waals surface area contributed by atoms with Gasteiger partial charge in [0.2, 0.25) is 0 Å². The molecule has 3 rings (SSSR count). The summed E-state index contributed by atoms with van der Waals surface area (Å²) in [4.78, 5) is 14.3. The third-order valence-electron chi connectivity index (χ3n) is 5.55. The van der Waals surface area contributed by atoms with Gasteiger partial charge in [-0.2, -0.15) is 0 Å². The number of nitrogens with zero attached hydrogens (tertiary/aromatic N) is 1. The number of ether oxygens (including phenoxy) is 1. The van der Waals surface area contributed by atoms with Gasteiger partial charge in [-0.1, -0.05) is 12.1 Å². The first-order valence-corrected chi connectivity index (χ1v) is 7.96. The molecule has 0 aromatic heterocycles. The molecule has 0 saturated carbocycles. The first kappa shape index (κ1) is 15.5. The highest BCUT2D eigenvalue weighted by Gasteiger charge is 2.57. The molecule has 0 spiro atoms. The predicted octanol–water partition coefficient (Wildman–Crippen LogP) is 3.51. The quantitative estimate of drug-likeness (QED) is 0.856. The maximum atomic E-state index is 14.7. The molecule has 0 aliphatic carbocycles. The van der Waals surface area contributed by atoms with Gasteiger partial charge in [-0.05, 0) is 50.8 Å². The Morgan fingerprint density at radius 3 is 2.59 bits per heavy atom. The summed E-state index contributed by atoms with van der Waals surface area (Å²) in [5.41, 5.74) is 0.219. The summed E-state index contributed by atoms with van der Waals surface area (Å²) in [6.07, 6.45) is 1.63. The van der Waals surface area contributed by atoms with E-state index in [0.29, 0.717) is 13.0 Å². The zero-order valence-corrected chi connectivity index (χ0v) is 13.6. The molecule has 2 heterocycles. The summed E-state index contributed by atoms with van der Waals surface area (Å²) in [5, 5.41) is 0.